The van der Waals surface area contributed by atoms with E-state index in [-0.39, 0.29) is 5.97 Å². The molecule has 0 atom stereocenters. The topological polar surface area (TPSA) is 38.7 Å². The van der Waals surface area contributed by atoms with E-state index in [2.05, 4.69) is 17.1 Å². The van der Waals surface area contributed by atoms with Crippen molar-refractivity contribution in [1.29, 1.82) is 0 Å². The minimum atomic E-state index is -0.362. The van der Waals surface area contributed by atoms with Crippen molar-refractivity contribution in [3.63, 3.8) is 0 Å². The van der Waals surface area contributed by atoms with Gasteiger partial charge in [-0.2, -0.15) is 0 Å². The molecule has 0 N–H and O–H groups in total. The van der Waals surface area contributed by atoms with Crippen LogP contribution in [0.25, 0.3) is 0 Å². The van der Waals surface area contributed by atoms with Crippen LogP contribution in [0.2, 0.25) is 0 Å². The summed E-state index contributed by atoms with van der Waals surface area (Å²) in [5.41, 5.74) is 2.92. The van der Waals surface area contributed by atoms with E-state index in [1.807, 2.05) is 18.2 Å². The summed E-state index contributed by atoms with van der Waals surface area (Å²) >= 11 is 6.30. The van der Waals surface area contributed by atoms with Crippen LogP contribution in [-0.2, 0) is 16.0 Å². The van der Waals surface area contributed by atoms with Crippen molar-refractivity contribution in [3.05, 3.63) is 58.7 Å². The van der Waals surface area contributed by atoms with Crippen molar-refractivity contribution in [2.24, 2.45) is 4.99 Å². The van der Waals surface area contributed by atoms with Gasteiger partial charge in [0.2, 0.25) is 0 Å². The predicted octanol–water partition coefficient (Wildman–Crippen LogP) is 3.69. The monoisotopic (exact) mass is 303 g/mol. The summed E-state index contributed by atoms with van der Waals surface area (Å²) in [4.78, 5) is 16.0. The van der Waals surface area contributed by atoms with Gasteiger partial charge in [0.1, 0.15) is 0 Å². The molecule has 1 aromatic rings. The number of aliphatic imine (C=N–C) groups is 1. The Balaban J connectivity index is 2.16. The van der Waals surface area contributed by atoms with E-state index >= 15 is 0 Å². The summed E-state index contributed by atoms with van der Waals surface area (Å²) in [5.74, 6) is -0.362. The molecule has 110 valence electrons. The lowest BCUT2D eigenvalue weighted by molar-refractivity contribution is -0.137. The second-order valence-electron chi connectivity index (χ2n) is 4.64. The highest BCUT2D eigenvalue weighted by Gasteiger charge is 2.15. The highest BCUT2D eigenvalue weighted by Crippen LogP contribution is 2.23. The van der Waals surface area contributed by atoms with Gasteiger partial charge in [-0.25, -0.2) is 4.79 Å². The van der Waals surface area contributed by atoms with Gasteiger partial charge >= 0.3 is 5.97 Å². The molecular weight excluding hydrogens is 286 g/mol. The fraction of sp³-hybridized carbons (Fsp3) is 0.294. The number of hydrogen-bond donors (Lipinski definition) is 0. The number of halogens is 1. The standard InChI is InChI=1S/C17H18ClNO2/c1-2-21-17(20)9-8-14-15(18)10-11-19-16(14)12-13-6-4-3-5-7-13/h3-9H,2,10-12H2,1H3. The number of allylic oxidation sites excluding steroid dienone is 2. The number of benzene rings is 1. The first-order valence-corrected chi connectivity index (χ1v) is 7.39. The van der Waals surface area contributed by atoms with E-state index in [4.69, 9.17) is 16.3 Å². The van der Waals surface area contributed by atoms with Crippen LogP contribution in [0.5, 0.6) is 0 Å². The number of ether oxygens (including phenoxy) is 1. The summed E-state index contributed by atoms with van der Waals surface area (Å²) in [6, 6.07) is 10.1. The molecule has 3 nitrogen and oxygen atoms in total. The molecule has 1 heterocycles. The van der Waals surface area contributed by atoms with Gasteiger partial charge < -0.3 is 4.74 Å². The third kappa shape index (κ3) is 4.57. The fourth-order valence-corrected chi connectivity index (χ4v) is 2.39. The van der Waals surface area contributed by atoms with Gasteiger partial charge in [0.05, 0.1) is 6.61 Å². The number of nitrogens with zero attached hydrogens (tertiary/aromatic N) is 1. The van der Waals surface area contributed by atoms with Gasteiger partial charge in [-0.05, 0) is 18.6 Å². The molecule has 0 saturated carbocycles. The average Bonchev–Trinajstić information content (AvgIpc) is 2.48. The minimum Gasteiger partial charge on any atom is -0.463 e. The predicted molar refractivity (Wildman–Crippen MR) is 85.7 cm³/mol. The van der Waals surface area contributed by atoms with E-state index < -0.39 is 0 Å². The van der Waals surface area contributed by atoms with E-state index in [0.717, 1.165) is 16.3 Å². The lowest BCUT2D eigenvalue weighted by Gasteiger charge is -2.15. The molecule has 0 saturated heterocycles. The second kappa shape index (κ2) is 7.79. The quantitative estimate of drug-likeness (QED) is 0.615. The fourth-order valence-electron chi connectivity index (χ4n) is 2.13. The number of carbonyl (C=O) groups is 1. The van der Waals surface area contributed by atoms with Crippen molar-refractivity contribution in [2.75, 3.05) is 13.2 Å². The Morgan fingerprint density at radius 3 is 2.86 bits per heavy atom. The smallest absolute Gasteiger partial charge is 0.330 e. The Hall–Kier alpha value is -1.87. The highest BCUT2D eigenvalue weighted by molar-refractivity contribution is 6.33. The molecule has 1 aliphatic rings. The first-order valence-electron chi connectivity index (χ1n) is 7.01. The number of carbonyl (C=O) groups excluding carboxylic acids is 1. The lowest BCUT2D eigenvalue weighted by Crippen LogP contribution is -2.13. The minimum absolute atomic E-state index is 0.362. The molecule has 1 aliphatic heterocycles. The summed E-state index contributed by atoms with van der Waals surface area (Å²) in [6.45, 7) is 2.83. The SMILES string of the molecule is CCOC(=O)C=CC1=C(Cl)CCN=C1Cc1ccccc1. The van der Waals surface area contributed by atoms with Crippen LogP contribution in [0.15, 0.2) is 58.1 Å². The zero-order chi connectivity index (χ0) is 15.1. The largest absolute Gasteiger partial charge is 0.463 e. The molecular formula is C17H18ClNO2. The number of hydrogen-bond acceptors (Lipinski definition) is 3. The van der Waals surface area contributed by atoms with Crippen LogP contribution in [-0.4, -0.2) is 24.8 Å². The Bertz CT molecular complexity index is 588. The van der Waals surface area contributed by atoms with Crippen molar-refractivity contribution >= 4 is 23.3 Å². The Morgan fingerprint density at radius 2 is 2.14 bits per heavy atom. The summed E-state index contributed by atoms with van der Waals surface area (Å²) < 4.78 is 4.89. The molecule has 1 aromatic carbocycles. The van der Waals surface area contributed by atoms with Crippen LogP contribution < -0.4 is 0 Å². The van der Waals surface area contributed by atoms with Crippen molar-refractivity contribution in [1.82, 2.24) is 0 Å². The summed E-state index contributed by atoms with van der Waals surface area (Å²) in [6.07, 6.45) is 4.54. The van der Waals surface area contributed by atoms with Gasteiger partial charge in [0, 0.05) is 41.8 Å². The highest BCUT2D eigenvalue weighted by atomic mass is 35.5. The van der Waals surface area contributed by atoms with Gasteiger partial charge in [-0.15, -0.1) is 0 Å². The number of dihydropyridines is 1. The van der Waals surface area contributed by atoms with E-state index in [9.17, 15) is 4.79 Å². The second-order valence-corrected chi connectivity index (χ2v) is 5.10. The maximum absolute atomic E-state index is 11.4. The number of rotatable bonds is 5. The molecule has 0 aromatic heterocycles. The van der Waals surface area contributed by atoms with Crippen LogP contribution >= 0.6 is 11.6 Å². The normalized spacial score (nSPS) is 15.2. The Labute approximate surface area is 130 Å². The Kier molecular flexibility index (Phi) is 5.76. The first kappa shape index (κ1) is 15.5. The van der Waals surface area contributed by atoms with Gasteiger partial charge in [0.25, 0.3) is 0 Å². The molecule has 0 fully saturated rings. The van der Waals surface area contributed by atoms with Crippen LogP contribution in [0.4, 0.5) is 0 Å². The van der Waals surface area contributed by atoms with E-state index in [1.54, 1.807) is 13.0 Å². The number of esters is 1. The Morgan fingerprint density at radius 1 is 1.38 bits per heavy atom. The molecule has 0 radical (unpaired) electrons. The van der Waals surface area contributed by atoms with Crippen LogP contribution in [0.3, 0.4) is 0 Å². The third-order valence-corrected chi connectivity index (χ3v) is 3.52. The summed E-state index contributed by atoms with van der Waals surface area (Å²) in [7, 11) is 0. The van der Waals surface area contributed by atoms with Crippen molar-refractivity contribution < 1.29 is 9.53 Å². The maximum Gasteiger partial charge on any atom is 0.330 e. The molecule has 21 heavy (non-hydrogen) atoms. The molecule has 0 amide bonds. The zero-order valence-electron chi connectivity index (χ0n) is 12.0. The van der Waals surface area contributed by atoms with Gasteiger partial charge in [-0.1, -0.05) is 41.9 Å². The molecule has 0 spiro atoms. The lowest BCUT2D eigenvalue weighted by atomic mass is 9.98. The van der Waals surface area contributed by atoms with Gasteiger partial charge in [-0.3, -0.25) is 4.99 Å². The van der Waals surface area contributed by atoms with Crippen LogP contribution in [0, 0.1) is 0 Å². The molecule has 2 rings (SSSR count). The molecule has 0 unspecified atom stereocenters. The molecule has 0 bridgehead atoms. The molecule has 0 aliphatic carbocycles. The summed E-state index contributed by atoms with van der Waals surface area (Å²) in [5, 5.41) is 0.747. The average molecular weight is 304 g/mol. The van der Waals surface area contributed by atoms with E-state index in [0.29, 0.717) is 26.0 Å². The third-order valence-electron chi connectivity index (χ3n) is 3.12. The van der Waals surface area contributed by atoms with Crippen LogP contribution in [0.1, 0.15) is 18.9 Å². The molecule has 4 heteroatoms. The van der Waals surface area contributed by atoms with Crippen molar-refractivity contribution in [3.8, 4) is 0 Å². The maximum atomic E-state index is 11.4. The first-order chi connectivity index (χ1) is 10.2. The van der Waals surface area contributed by atoms with Gasteiger partial charge in [0.15, 0.2) is 0 Å². The van der Waals surface area contributed by atoms with Crippen molar-refractivity contribution in [2.45, 2.75) is 19.8 Å². The van der Waals surface area contributed by atoms with E-state index in [1.165, 1.54) is 11.6 Å². The zero-order valence-corrected chi connectivity index (χ0v) is 12.8.